The maximum absolute atomic E-state index is 15.6. The maximum Gasteiger partial charge on any atom is 0.216 e. The van der Waals surface area contributed by atoms with Gasteiger partial charge in [-0.05, 0) is 71.8 Å². The van der Waals surface area contributed by atoms with Gasteiger partial charge in [0.25, 0.3) is 0 Å². The number of benzene rings is 4. The Morgan fingerprint density at radius 2 is 1.03 bits per heavy atom. The van der Waals surface area contributed by atoms with Gasteiger partial charge in [0.05, 0.1) is 51.2 Å². The number of aromatic nitrogens is 4. The van der Waals surface area contributed by atoms with Crippen LogP contribution in [0.4, 0.5) is 28.9 Å². The number of rotatable bonds is 14. The second kappa shape index (κ2) is 18.6. The van der Waals surface area contributed by atoms with Crippen LogP contribution in [0.1, 0.15) is 22.3 Å². The third-order valence-electron chi connectivity index (χ3n) is 12.5. The first-order valence-electron chi connectivity index (χ1n) is 22.0. The molecule has 0 spiro atoms. The van der Waals surface area contributed by atoms with E-state index in [4.69, 9.17) is 23.7 Å². The summed E-state index contributed by atoms with van der Waals surface area (Å²) in [5, 5.41) is 6.84. The van der Waals surface area contributed by atoms with Gasteiger partial charge in [-0.3, -0.25) is 0 Å². The Kier molecular flexibility index (Phi) is 12.3. The lowest BCUT2D eigenvalue weighted by atomic mass is 10.0. The van der Waals surface area contributed by atoms with Crippen LogP contribution in [-0.2, 0) is 56.5 Å². The molecule has 6 aromatic rings. The summed E-state index contributed by atoms with van der Waals surface area (Å²) < 4.78 is 96.1. The Morgan fingerprint density at radius 1 is 0.585 bits per heavy atom. The Hall–Kier alpha value is -5.82. The van der Waals surface area contributed by atoms with Crippen molar-refractivity contribution in [1.29, 1.82) is 0 Å². The lowest BCUT2D eigenvalue weighted by molar-refractivity contribution is -0.189. The number of hydrogen-bond donors (Lipinski definition) is 2. The Labute approximate surface area is 373 Å². The predicted octanol–water partition coefficient (Wildman–Crippen LogP) is 6.27. The highest BCUT2D eigenvalue weighted by molar-refractivity contribution is 5.58. The second-order valence-electron chi connectivity index (χ2n) is 16.9. The van der Waals surface area contributed by atoms with Crippen molar-refractivity contribution >= 4 is 11.4 Å². The van der Waals surface area contributed by atoms with Crippen LogP contribution in [0, 0.1) is 23.3 Å². The predicted molar refractivity (Wildman–Crippen MR) is 233 cm³/mol. The van der Waals surface area contributed by atoms with Gasteiger partial charge in [-0.1, -0.05) is 0 Å². The molecule has 4 aromatic carbocycles. The number of ether oxygens (including phenoxy) is 5. The molecule has 0 aliphatic carbocycles. The Balaban J connectivity index is 0.973. The largest absolute Gasteiger partial charge is 0.457 e. The Morgan fingerprint density at radius 3 is 1.43 bits per heavy atom. The number of halogens is 4. The third-order valence-corrected chi connectivity index (χ3v) is 12.5. The maximum atomic E-state index is 15.6. The molecule has 65 heavy (non-hydrogen) atoms. The molecule has 340 valence electrons. The van der Waals surface area contributed by atoms with Crippen LogP contribution in [-0.4, -0.2) is 96.9 Å². The van der Waals surface area contributed by atoms with E-state index in [-0.39, 0.29) is 37.4 Å². The zero-order valence-electron chi connectivity index (χ0n) is 35.7. The quantitative estimate of drug-likeness (QED) is 0.121. The molecule has 10 rings (SSSR count). The SMILES string of the molecule is Fc1ccc(C2(Cn3ccnc3)OCC(Cc3cc(N4CCNCC4)ccc3Oc3ccc(N4CCNCC4)cc3CC3COC(Cn4ccnc4)(c4ccc(F)cc4F)O3)O2)c(F)c1. The van der Waals surface area contributed by atoms with Crippen LogP contribution in [0.5, 0.6) is 11.5 Å². The molecule has 0 bridgehead atoms. The number of nitrogens with zero attached hydrogens (tertiary/aromatic N) is 6. The lowest BCUT2D eigenvalue weighted by Crippen LogP contribution is -2.43. The molecule has 13 nitrogen and oxygen atoms in total. The molecule has 2 N–H and O–H groups in total. The van der Waals surface area contributed by atoms with Crippen LogP contribution >= 0.6 is 0 Å². The summed E-state index contributed by atoms with van der Waals surface area (Å²) >= 11 is 0. The molecule has 17 heteroatoms. The topological polar surface area (TPSA) is 112 Å². The summed E-state index contributed by atoms with van der Waals surface area (Å²) in [6.45, 7) is 7.12. The number of imidazole rings is 2. The standard InChI is InChI=1S/C48H50F4N8O5/c49-35-1-5-41(43(51)25-35)47(29-57-15-9-55-31-57)61-27-39(64-47)23-33-21-37(59-17-11-53-12-18-59)3-7-45(33)63-46-8-4-38(60-19-13-54-14-20-60)22-34(46)24-40-28-62-48(65-40,30-58-16-10-56-32-58)42-6-2-36(50)26-44(42)52/h1-10,15-16,21-22,25-26,31-32,39-40,53-54H,11-14,17-20,23-24,27-30H2. The molecule has 4 aliphatic rings. The van der Waals surface area contributed by atoms with E-state index in [0.29, 0.717) is 24.3 Å². The molecule has 4 fully saturated rings. The normalized spacial score (nSPS) is 23.6. The van der Waals surface area contributed by atoms with Gasteiger partial charge in [0, 0.05) is 125 Å². The van der Waals surface area contributed by atoms with Crippen molar-refractivity contribution < 1.29 is 41.2 Å². The van der Waals surface area contributed by atoms with Crippen LogP contribution < -0.4 is 25.2 Å². The average molecular weight is 895 g/mol. The van der Waals surface area contributed by atoms with E-state index >= 15 is 8.78 Å². The van der Waals surface area contributed by atoms with E-state index in [0.717, 1.165) is 87.0 Å². The summed E-state index contributed by atoms with van der Waals surface area (Å²) in [6.07, 6.45) is 9.51. The van der Waals surface area contributed by atoms with Gasteiger partial charge in [-0.2, -0.15) is 0 Å². The van der Waals surface area contributed by atoms with Crippen LogP contribution in [0.2, 0.25) is 0 Å². The molecule has 4 aliphatic heterocycles. The highest BCUT2D eigenvalue weighted by atomic mass is 19.1. The average Bonchev–Trinajstić information content (AvgIpc) is 4.16. The molecule has 2 aromatic heterocycles. The number of piperazine rings is 2. The van der Waals surface area contributed by atoms with Crippen LogP contribution in [0.25, 0.3) is 0 Å². The van der Waals surface area contributed by atoms with Gasteiger partial charge in [-0.15, -0.1) is 0 Å². The van der Waals surface area contributed by atoms with Crippen molar-refractivity contribution in [2.45, 2.75) is 49.7 Å². The van der Waals surface area contributed by atoms with Crippen molar-refractivity contribution in [3.63, 3.8) is 0 Å². The van der Waals surface area contributed by atoms with Gasteiger partial charge in [0.2, 0.25) is 11.6 Å². The molecular weight excluding hydrogens is 845 g/mol. The molecule has 4 atom stereocenters. The van der Waals surface area contributed by atoms with Gasteiger partial charge in [-0.25, -0.2) is 27.5 Å². The first-order chi connectivity index (χ1) is 31.7. The molecule has 6 heterocycles. The van der Waals surface area contributed by atoms with Gasteiger partial charge < -0.3 is 53.3 Å². The molecule has 4 saturated heterocycles. The summed E-state index contributed by atoms with van der Waals surface area (Å²) in [4.78, 5) is 12.9. The summed E-state index contributed by atoms with van der Waals surface area (Å²) in [7, 11) is 0. The van der Waals surface area contributed by atoms with Gasteiger partial charge >= 0.3 is 0 Å². The van der Waals surface area contributed by atoms with E-state index in [9.17, 15) is 8.78 Å². The van der Waals surface area contributed by atoms with Crippen molar-refractivity contribution in [3.05, 3.63) is 156 Å². The van der Waals surface area contributed by atoms with Crippen molar-refractivity contribution in [2.24, 2.45) is 0 Å². The third kappa shape index (κ3) is 9.34. The minimum Gasteiger partial charge on any atom is -0.457 e. The lowest BCUT2D eigenvalue weighted by Gasteiger charge is -2.31. The summed E-state index contributed by atoms with van der Waals surface area (Å²) in [6, 6.07) is 19.1. The van der Waals surface area contributed by atoms with Crippen molar-refractivity contribution in [2.75, 3.05) is 75.4 Å². The zero-order valence-corrected chi connectivity index (χ0v) is 35.7. The van der Waals surface area contributed by atoms with E-state index in [1.54, 1.807) is 46.6 Å². The number of nitrogens with one attached hydrogen (secondary N) is 2. The summed E-state index contributed by atoms with van der Waals surface area (Å²) in [5.74, 6) is -4.87. The van der Waals surface area contributed by atoms with Gasteiger partial charge in [0.1, 0.15) is 34.8 Å². The zero-order chi connectivity index (χ0) is 44.4. The first kappa shape index (κ1) is 43.1. The molecular formula is C48H50F4N8O5. The molecule has 0 amide bonds. The van der Waals surface area contributed by atoms with Crippen LogP contribution in [0.3, 0.4) is 0 Å². The fraction of sp³-hybridized carbons (Fsp3) is 0.375. The van der Waals surface area contributed by atoms with E-state index in [1.165, 1.54) is 24.3 Å². The molecule has 0 radical (unpaired) electrons. The first-order valence-corrected chi connectivity index (χ1v) is 22.0. The number of hydrogen-bond acceptors (Lipinski definition) is 11. The highest BCUT2D eigenvalue weighted by Crippen LogP contribution is 2.43. The van der Waals surface area contributed by atoms with Crippen LogP contribution in [0.15, 0.2) is 110 Å². The van der Waals surface area contributed by atoms with E-state index < -0.39 is 47.1 Å². The second-order valence-corrected chi connectivity index (χ2v) is 16.9. The Bertz CT molecular complexity index is 2400. The van der Waals surface area contributed by atoms with Crippen molar-refractivity contribution in [3.8, 4) is 11.5 Å². The van der Waals surface area contributed by atoms with Crippen molar-refractivity contribution in [1.82, 2.24) is 29.7 Å². The summed E-state index contributed by atoms with van der Waals surface area (Å²) in [5.41, 5.74) is 3.91. The highest BCUT2D eigenvalue weighted by Gasteiger charge is 2.47. The fourth-order valence-electron chi connectivity index (χ4n) is 9.29. The minimum atomic E-state index is -1.56. The number of anilines is 2. The molecule has 0 saturated carbocycles. The monoisotopic (exact) mass is 894 g/mol. The fourth-order valence-corrected chi connectivity index (χ4v) is 9.29. The van der Waals surface area contributed by atoms with Gasteiger partial charge in [0.15, 0.2) is 0 Å². The van der Waals surface area contributed by atoms with E-state index in [1.807, 2.05) is 12.1 Å². The smallest absolute Gasteiger partial charge is 0.216 e. The molecule has 4 unspecified atom stereocenters. The van der Waals surface area contributed by atoms with E-state index in [2.05, 4.69) is 54.7 Å². The minimum absolute atomic E-state index is 0.0867.